The fourth-order valence-electron chi connectivity index (χ4n) is 4.23. The van der Waals surface area contributed by atoms with E-state index < -0.39 is 0 Å². The van der Waals surface area contributed by atoms with E-state index in [0.717, 1.165) is 53.3 Å². The highest BCUT2D eigenvalue weighted by molar-refractivity contribution is 6.34. The fraction of sp³-hybridized carbons (Fsp3) is 0.348. The summed E-state index contributed by atoms with van der Waals surface area (Å²) in [7, 11) is 0. The Bertz CT molecular complexity index is 1100. The van der Waals surface area contributed by atoms with Gasteiger partial charge in [-0.25, -0.2) is 9.24 Å². The number of aromatic nitrogens is 1. The van der Waals surface area contributed by atoms with Crippen molar-refractivity contribution in [3.63, 3.8) is 0 Å². The first-order valence-corrected chi connectivity index (χ1v) is 9.94. The minimum Gasteiger partial charge on any atom is -0.393 e. The second kappa shape index (κ2) is 7.24. The van der Waals surface area contributed by atoms with Crippen molar-refractivity contribution < 1.29 is 9.50 Å². The molecule has 1 N–H and O–H groups in total. The smallest absolute Gasteiger partial charge is 0.190 e. The summed E-state index contributed by atoms with van der Waals surface area (Å²) in [5.41, 5.74) is 4.72. The van der Waals surface area contributed by atoms with E-state index in [4.69, 9.17) is 18.2 Å². The Morgan fingerprint density at radius 3 is 2.54 bits per heavy atom. The second-order valence-electron chi connectivity index (χ2n) is 7.71. The number of rotatable bonds is 2. The van der Waals surface area contributed by atoms with Gasteiger partial charge in [0.05, 0.1) is 17.7 Å². The minimum absolute atomic E-state index is 0.220. The Morgan fingerprint density at radius 2 is 1.86 bits per heavy atom. The molecule has 4 rings (SSSR count). The summed E-state index contributed by atoms with van der Waals surface area (Å²) in [6, 6.07) is 7.42. The maximum Gasteiger partial charge on any atom is 0.190 e. The monoisotopic (exact) mass is 396 g/mol. The van der Waals surface area contributed by atoms with Crippen molar-refractivity contribution in [3.05, 3.63) is 63.8 Å². The highest BCUT2D eigenvalue weighted by Gasteiger charge is 2.24. The Balaban J connectivity index is 1.96. The first-order chi connectivity index (χ1) is 13.4. The number of hydrogen-bond acceptors (Lipinski definition) is 1. The Hall–Kier alpha value is -2.35. The molecule has 0 aliphatic heterocycles. The van der Waals surface area contributed by atoms with Crippen LogP contribution in [-0.2, 0) is 0 Å². The summed E-state index contributed by atoms with van der Waals surface area (Å²) >= 11 is 6.51. The van der Waals surface area contributed by atoms with Gasteiger partial charge in [-0.1, -0.05) is 11.6 Å². The van der Waals surface area contributed by atoms with E-state index in [0.29, 0.717) is 16.3 Å². The van der Waals surface area contributed by atoms with Crippen molar-refractivity contribution in [3.8, 4) is 11.1 Å². The predicted molar refractivity (Wildman–Crippen MR) is 112 cm³/mol. The number of fused-ring (bicyclic) bond motifs is 1. The number of nitrogens with zero attached hydrogens (tertiary/aromatic N) is 2. The molecule has 0 spiro atoms. The third-order valence-electron chi connectivity index (χ3n) is 5.94. The van der Waals surface area contributed by atoms with E-state index in [1.54, 1.807) is 13.0 Å². The lowest BCUT2D eigenvalue weighted by Gasteiger charge is -2.27. The molecule has 2 aromatic carbocycles. The summed E-state index contributed by atoms with van der Waals surface area (Å²) in [5, 5.41) is 11.2. The highest BCUT2D eigenvalue weighted by Crippen LogP contribution is 2.42. The van der Waals surface area contributed by atoms with Crippen LogP contribution in [-0.4, -0.2) is 15.8 Å². The van der Waals surface area contributed by atoms with Crippen LogP contribution in [0.5, 0.6) is 0 Å². The quantitative estimate of drug-likeness (QED) is 0.477. The molecule has 0 bridgehead atoms. The Labute approximate surface area is 169 Å². The normalized spacial score (nSPS) is 19.7. The molecule has 5 heteroatoms. The highest BCUT2D eigenvalue weighted by atomic mass is 35.5. The molecule has 0 radical (unpaired) electrons. The molecular weight excluding hydrogens is 375 g/mol. The van der Waals surface area contributed by atoms with Gasteiger partial charge in [-0.2, -0.15) is 0 Å². The van der Waals surface area contributed by atoms with Gasteiger partial charge in [0.25, 0.3) is 0 Å². The molecule has 1 fully saturated rings. The first-order valence-electron chi connectivity index (χ1n) is 9.56. The predicted octanol–water partition coefficient (Wildman–Crippen LogP) is 6.74. The van der Waals surface area contributed by atoms with Crippen molar-refractivity contribution in [2.75, 3.05) is 0 Å². The molecule has 28 heavy (non-hydrogen) atoms. The molecular formula is C23H22ClFN2O. The molecule has 0 atom stereocenters. The van der Waals surface area contributed by atoms with Gasteiger partial charge in [-0.3, -0.25) is 0 Å². The van der Waals surface area contributed by atoms with Gasteiger partial charge in [0.1, 0.15) is 5.82 Å². The van der Waals surface area contributed by atoms with Crippen LogP contribution in [0.4, 0.5) is 10.1 Å². The first kappa shape index (κ1) is 19.0. The molecule has 0 amide bonds. The van der Waals surface area contributed by atoms with E-state index in [1.807, 2.05) is 13.0 Å². The van der Waals surface area contributed by atoms with Crippen LogP contribution in [0.1, 0.15) is 42.9 Å². The van der Waals surface area contributed by atoms with Gasteiger partial charge < -0.3 is 9.67 Å². The third kappa shape index (κ3) is 3.09. The zero-order chi connectivity index (χ0) is 20.0. The van der Waals surface area contributed by atoms with Gasteiger partial charge in [-0.15, -0.1) is 0 Å². The maximum absolute atomic E-state index is 13.9. The fourth-order valence-corrected chi connectivity index (χ4v) is 4.49. The summed E-state index contributed by atoms with van der Waals surface area (Å²) in [6.07, 6.45) is 5.25. The van der Waals surface area contributed by atoms with Gasteiger partial charge in [0, 0.05) is 34.4 Å². The van der Waals surface area contributed by atoms with E-state index in [-0.39, 0.29) is 18.0 Å². The number of halogens is 2. The van der Waals surface area contributed by atoms with E-state index >= 15 is 0 Å². The van der Waals surface area contributed by atoms with Gasteiger partial charge >= 0.3 is 0 Å². The molecule has 1 aromatic heterocycles. The summed E-state index contributed by atoms with van der Waals surface area (Å²) < 4.78 is 16.2. The third-order valence-corrected chi connectivity index (χ3v) is 6.43. The number of aliphatic hydroxyl groups is 1. The lowest BCUT2D eigenvalue weighted by molar-refractivity contribution is 0.111. The van der Waals surface area contributed by atoms with Gasteiger partial charge in [-0.05, 0) is 74.7 Å². The molecule has 3 aromatic rings. The lowest BCUT2D eigenvalue weighted by atomic mass is 9.93. The van der Waals surface area contributed by atoms with Crippen molar-refractivity contribution in [2.24, 2.45) is 0 Å². The standard InChI is InChI=1S/C23H22ClFN2O/c1-13-10-22-18(11-21(13)26-3)19(17-8-9-20(25)14(2)23(17)24)12-27(22)15-4-6-16(28)7-5-15/h8-12,15-16,28H,4-7H2,1-2H3. The van der Waals surface area contributed by atoms with Crippen LogP contribution in [0.15, 0.2) is 30.5 Å². The topological polar surface area (TPSA) is 29.5 Å². The van der Waals surface area contributed by atoms with Crippen LogP contribution >= 0.6 is 11.6 Å². The van der Waals surface area contributed by atoms with Gasteiger partial charge in [0.2, 0.25) is 0 Å². The summed E-state index contributed by atoms with van der Waals surface area (Å²) in [4.78, 5) is 3.66. The molecule has 1 aliphatic rings. The molecule has 1 heterocycles. The Kier molecular flexibility index (Phi) is 4.91. The van der Waals surface area contributed by atoms with Crippen molar-refractivity contribution >= 4 is 28.2 Å². The largest absolute Gasteiger partial charge is 0.393 e. The molecule has 144 valence electrons. The second-order valence-corrected chi connectivity index (χ2v) is 8.09. The molecule has 1 saturated carbocycles. The van der Waals surface area contributed by atoms with Crippen LogP contribution in [0.25, 0.3) is 26.9 Å². The molecule has 0 unspecified atom stereocenters. The number of aliphatic hydroxyl groups excluding tert-OH is 1. The number of hydrogen-bond donors (Lipinski definition) is 1. The van der Waals surface area contributed by atoms with Crippen LogP contribution in [0.2, 0.25) is 5.02 Å². The summed E-state index contributed by atoms with van der Waals surface area (Å²) in [6.45, 7) is 11.1. The van der Waals surface area contributed by atoms with Crippen molar-refractivity contribution in [2.45, 2.75) is 51.7 Å². The minimum atomic E-state index is -0.323. The SMILES string of the molecule is [C-]#[N+]c1cc2c(-c3ccc(F)c(C)c3Cl)cn(C3CCC(O)CC3)c2cc1C. The number of benzene rings is 2. The van der Waals surface area contributed by atoms with E-state index in [1.165, 1.54) is 6.07 Å². The molecule has 0 saturated heterocycles. The number of aryl methyl sites for hydroxylation is 1. The zero-order valence-corrected chi connectivity index (χ0v) is 16.7. The zero-order valence-electron chi connectivity index (χ0n) is 16.0. The average Bonchev–Trinajstić information content (AvgIpc) is 3.04. The van der Waals surface area contributed by atoms with Crippen molar-refractivity contribution in [1.82, 2.24) is 4.57 Å². The lowest BCUT2D eigenvalue weighted by Crippen LogP contribution is -2.20. The molecule has 3 nitrogen and oxygen atoms in total. The summed E-state index contributed by atoms with van der Waals surface area (Å²) in [5.74, 6) is -0.323. The Morgan fingerprint density at radius 1 is 1.14 bits per heavy atom. The van der Waals surface area contributed by atoms with Gasteiger partial charge in [0.15, 0.2) is 5.69 Å². The molecule has 1 aliphatic carbocycles. The van der Waals surface area contributed by atoms with Crippen LogP contribution in [0.3, 0.4) is 0 Å². The maximum atomic E-state index is 13.9. The van der Waals surface area contributed by atoms with E-state index in [9.17, 15) is 9.50 Å². The average molecular weight is 397 g/mol. The van der Waals surface area contributed by atoms with E-state index in [2.05, 4.69) is 21.7 Å². The van der Waals surface area contributed by atoms with Crippen molar-refractivity contribution in [1.29, 1.82) is 0 Å². The van der Waals surface area contributed by atoms with Crippen LogP contribution < -0.4 is 0 Å². The van der Waals surface area contributed by atoms with Crippen LogP contribution in [0, 0.1) is 26.2 Å².